The molecule has 0 atom stereocenters. The van der Waals surface area contributed by atoms with Gasteiger partial charge in [-0.25, -0.2) is 0 Å². The molecule has 1 amide bonds. The van der Waals surface area contributed by atoms with E-state index in [1.807, 2.05) is 26.2 Å². The van der Waals surface area contributed by atoms with Crippen LogP contribution in [-0.2, 0) is 18.4 Å². The van der Waals surface area contributed by atoms with Crippen molar-refractivity contribution in [1.29, 1.82) is 0 Å². The summed E-state index contributed by atoms with van der Waals surface area (Å²) in [6.45, 7) is 2.50. The number of nitrogens with zero attached hydrogens (tertiary/aromatic N) is 4. The average molecular weight is 233 g/mol. The fraction of sp³-hybridized carbons (Fsp3) is 0.364. The molecule has 2 heterocycles. The first-order valence-corrected chi connectivity index (χ1v) is 5.43. The first-order valence-electron chi connectivity index (χ1n) is 5.43. The molecule has 0 fully saturated rings. The molecule has 0 saturated heterocycles. The molecule has 0 aromatic carbocycles. The van der Waals surface area contributed by atoms with Gasteiger partial charge in [0.15, 0.2) is 5.82 Å². The van der Waals surface area contributed by atoms with E-state index in [0.717, 1.165) is 5.69 Å². The number of amides is 1. The first-order chi connectivity index (χ1) is 8.13. The maximum atomic E-state index is 11.6. The highest BCUT2D eigenvalue weighted by atomic mass is 16.1. The molecule has 1 N–H and O–H groups in total. The summed E-state index contributed by atoms with van der Waals surface area (Å²) < 4.78 is 3.40. The second kappa shape index (κ2) is 4.82. The molecule has 6 nitrogen and oxygen atoms in total. The molecular weight excluding hydrogens is 218 g/mol. The van der Waals surface area contributed by atoms with E-state index in [0.29, 0.717) is 18.8 Å². The fourth-order valence-corrected chi connectivity index (χ4v) is 1.49. The lowest BCUT2D eigenvalue weighted by Crippen LogP contribution is -2.15. The molecule has 0 aliphatic rings. The summed E-state index contributed by atoms with van der Waals surface area (Å²) in [5.41, 5.74) is 0.954. The van der Waals surface area contributed by atoms with Gasteiger partial charge in [-0.3, -0.25) is 14.2 Å². The fourth-order valence-electron chi connectivity index (χ4n) is 1.49. The molecule has 0 radical (unpaired) electrons. The number of aromatic nitrogens is 4. The largest absolute Gasteiger partial charge is 0.309 e. The summed E-state index contributed by atoms with van der Waals surface area (Å²) in [7, 11) is 1.81. The minimum Gasteiger partial charge on any atom is -0.309 e. The van der Waals surface area contributed by atoms with Crippen LogP contribution in [-0.4, -0.2) is 25.5 Å². The molecule has 0 unspecified atom stereocenters. The third kappa shape index (κ3) is 3.17. The summed E-state index contributed by atoms with van der Waals surface area (Å²) in [5.74, 6) is 0.519. The monoisotopic (exact) mass is 233 g/mol. The topological polar surface area (TPSA) is 64.7 Å². The maximum Gasteiger partial charge on any atom is 0.227 e. The van der Waals surface area contributed by atoms with Crippen molar-refractivity contribution in [2.75, 3.05) is 5.32 Å². The summed E-state index contributed by atoms with van der Waals surface area (Å²) in [4.78, 5) is 11.6. The van der Waals surface area contributed by atoms with Gasteiger partial charge in [-0.1, -0.05) is 0 Å². The third-order valence-electron chi connectivity index (χ3n) is 2.32. The highest BCUT2D eigenvalue weighted by Crippen LogP contribution is 2.02. The van der Waals surface area contributed by atoms with E-state index in [1.165, 1.54) is 0 Å². The van der Waals surface area contributed by atoms with Gasteiger partial charge in [0.05, 0.1) is 5.69 Å². The molecule has 2 aromatic rings. The Morgan fingerprint density at radius 1 is 1.35 bits per heavy atom. The lowest BCUT2D eigenvalue weighted by molar-refractivity contribution is -0.116. The minimum atomic E-state index is -0.0585. The average Bonchev–Trinajstić information content (AvgIpc) is 2.85. The number of hydrogen-bond acceptors (Lipinski definition) is 3. The zero-order chi connectivity index (χ0) is 12.3. The number of nitrogens with one attached hydrogen (secondary N) is 1. The van der Waals surface area contributed by atoms with Gasteiger partial charge in [-0.2, -0.15) is 10.2 Å². The smallest absolute Gasteiger partial charge is 0.227 e. The lowest BCUT2D eigenvalue weighted by Gasteiger charge is -2.02. The van der Waals surface area contributed by atoms with E-state index in [4.69, 9.17) is 0 Å². The van der Waals surface area contributed by atoms with Crippen molar-refractivity contribution in [2.45, 2.75) is 19.9 Å². The molecular formula is C11H15N5O. The van der Waals surface area contributed by atoms with Gasteiger partial charge in [-0.15, -0.1) is 0 Å². The van der Waals surface area contributed by atoms with Crippen LogP contribution in [0.15, 0.2) is 24.5 Å². The standard InChI is InChI=1S/C11H15N5O/c1-9-3-7-16(13-9)8-5-11(17)12-10-4-6-15(2)14-10/h3-4,6-7H,5,8H2,1-2H3,(H,12,14,17). The van der Waals surface area contributed by atoms with Crippen LogP contribution in [0.2, 0.25) is 0 Å². The maximum absolute atomic E-state index is 11.6. The van der Waals surface area contributed by atoms with Gasteiger partial charge >= 0.3 is 0 Å². The molecule has 2 rings (SSSR count). The Morgan fingerprint density at radius 3 is 2.76 bits per heavy atom. The minimum absolute atomic E-state index is 0.0585. The first kappa shape index (κ1) is 11.4. The predicted octanol–water partition coefficient (Wildman–Crippen LogP) is 0.954. The lowest BCUT2D eigenvalue weighted by atomic mass is 10.4. The van der Waals surface area contributed by atoms with Crippen molar-refractivity contribution in [1.82, 2.24) is 19.6 Å². The zero-order valence-electron chi connectivity index (χ0n) is 9.92. The van der Waals surface area contributed by atoms with Crippen LogP contribution in [0, 0.1) is 6.92 Å². The molecule has 0 aliphatic heterocycles. The predicted molar refractivity (Wildman–Crippen MR) is 63.4 cm³/mol. The highest BCUT2D eigenvalue weighted by Gasteiger charge is 2.05. The molecule has 0 saturated carbocycles. The van der Waals surface area contributed by atoms with E-state index in [1.54, 1.807) is 21.6 Å². The van der Waals surface area contributed by atoms with Gasteiger partial charge in [0, 0.05) is 38.5 Å². The van der Waals surface area contributed by atoms with Gasteiger partial charge in [-0.05, 0) is 13.0 Å². The van der Waals surface area contributed by atoms with Crippen molar-refractivity contribution >= 4 is 11.7 Å². The number of anilines is 1. The Balaban J connectivity index is 1.82. The molecule has 2 aromatic heterocycles. The summed E-state index contributed by atoms with van der Waals surface area (Å²) in [6.07, 6.45) is 4.04. The van der Waals surface area contributed by atoms with E-state index in [-0.39, 0.29) is 5.91 Å². The van der Waals surface area contributed by atoms with Crippen LogP contribution in [0.25, 0.3) is 0 Å². The highest BCUT2D eigenvalue weighted by molar-refractivity contribution is 5.89. The Kier molecular flexibility index (Phi) is 3.22. The van der Waals surface area contributed by atoms with Crippen LogP contribution in [0.3, 0.4) is 0 Å². The molecule has 0 bridgehead atoms. The van der Waals surface area contributed by atoms with Crippen molar-refractivity contribution in [3.8, 4) is 0 Å². The Labute approximate surface area is 99.2 Å². The van der Waals surface area contributed by atoms with Crippen molar-refractivity contribution < 1.29 is 4.79 Å². The van der Waals surface area contributed by atoms with Crippen LogP contribution >= 0.6 is 0 Å². The number of carbonyl (C=O) groups excluding carboxylic acids is 1. The van der Waals surface area contributed by atoms with E-state index in [9.17, 15) is 4.79 Å². The SMILES string of the molecule is Cc1ccn(CCC(=O)Nc2ccn(C)n2)n1. The van der Waals surface area contributed by atoms with Gasteiger partial charge in [0.25, 0.3) is 0 Å². The van der Waals surface area contributed by atoms with E-state index >= 15 is 0 Å². The summed E-state index contributed by atoms with van der Waals surface area (Å²) in [6, 6.07) is 3.67. The summed E-state index contributed by atoms with van der Waals surface area (Å²) >= 11 is 0. The Morgan fingerprint density at radius 2 is 2.18 bits per heavy atom. The number of hydrogen-bond donors (Lipinski definition) is 1. The van der Waals surface area contributed by atoms with E-state index < -0.39 is 0 Å². The van der Waals surface area contributed by atoms with E-state index in [2.05, 4.69) is 15.5 Å². The number of carbonyl (C=O) groups is 1. The molecule has 0 aliphatic carbocycles. The third-order valence-corrected chi connectivity index (χ3v) is 2.32. The second-order valence-corrected chi connectivity index (χ2v) is 3.89. The van der Waals surface area contributed by atoms with Crippen molar-refractivity contribution in [3.63, 3.8) is 0 Å². The van der Waals surface area contributed by atoms with Crippen LogP contribution in [0.1, 0.15) is 12.1 Å². The molecule has 90 valence electrons. The normalized spacial score (nSPS) is 10.5. The number of rotatable bonds is 4. The Bertz CT molecular complexity index is 513. The Hall–Kier alpha value is -2.11. The zero-order valence-corrected chi connectivity index (χ0v) is 9.92. The number of aryl methyl sites for hydroxylation is 3. The molecule has 17 heavy (non-hydrogen) atoms. The quantitative estimate of drug-likeness (QED) is 0.855. The molecule has 0 spiro atoms. The van der Waals surface area contributed by atoms with Crippen molar-refractivity contribution in [2.24, 2.45) is 7.05 Å². The van der Waals surface area contributed by atoms with Crippen LogP contribution < -0.4 is 5.32 Å². The van der Waals surface area contributed by atoms with Gasteiger partial charge in [0.2, 0.25) is 5.91 Å². The summed E-state index contributed by atoms with van der Waals surface area (Å²) in [5, 5.41) is 11.0. The van der Waals surface area contributed by atoms with Crippen molar-refractivity contribution in [3.05, 3.63) is 30.2 Å². The van der Waals surface area contributed by atoms with Crippen LogP contribution in [0.4, 0.5) is 5.82 Å². The molecule has 6 heteroatoms. The van der Waals surface area contributed by atoms with Crippen LogP contribution in [0.5, 0.6) is 0 Å². The van der Waals surface area contributed by atoms with Gasteiger partial charge in [0.1, 0.15) is 0 Å². The van der Waals surface area contributed by atoms with Gasteiger partial charge < -0.3 is 5.32 Å². The second-order valence-electron chi connectivity index (χ2n) is 3.89.